The molecule has 3 heterocycles. The molecular weight excluding hydrogens is 373 g/mol. The standard InChI is InChI=1S/C18H23N5O.2ClH/c24-18(15-3-4-17(21-12-15)23-10-7-19-13-23)22-8-5-16(6-9-22)20-11-14-1-2-14;;/h3-4,7,10,12-14,16,20H,1-2,5-6,8-9,11H2;2*1H. The number of carbonyl (C=O) groups is 1. The van der Waals surface area contributed by atoms with Gasteiger partial charge in [-0.25, -0.2) is 9.97 Å². The van der Waals surface area contributed by atoms with E-state index in [1.54, 1.807) is 18.7 Å². The quantitative estimate of drug-likeness (QED) is 0.842. The van der Waals surface area contributed by atoms with Crippen LogP contribution in [0.2, 0.25) is 0 Å². The van der Waals surface area contributed by atoms with Crippen molar-refractivity contribution in [2.45, 2.75) is 31.7 Å². The first-order valence-corrected chi connectivity index (χ1v) is 8.76. The fraction of sp³-hybridized carbons (Fsp3) is 0.500. The molecule has 142 valence electrons. The predicted octanol–water partition coefficient (Wildman–Crippen LogP) is 2.72. The Hall–Kier alpha value is -1.63. The van der Waals surface area contributed by atoms with Gasteiger partial charge < -0.3 is 10.2 Å². The molecule has 2 fully saturated rings. The molecule has 8 heteroatoms. The van der Waals surface area contributed by atoms with E-state index in [9.17, 15) is 4.79 Å². The zero-order valence-electron chi connectivity index (χ0n) is 14.6. The predicted molar refractivity (Wildman–Crippen MR) is 106 cm³/mol. The second kappa shape index (κ2) is 9.35. The maximum atomic E-state index is 12.6. The molecule has 0 atom stereocenters. The van der Waals surface area contributed by atoms with Gasteiger partial charge in [-0.05, 0) is 50.3 Å². The number of piperidine rings is 1. The summed E-state index contributed by atoms with van der Waals surface area (Å²) in [6.45, 7) is 2.80. The van der Waals surface area contributed by atoms with Gasteiger partial charge in [-0.15, -0.1) is 24.8 Å². The highest BCUT2D eigenvalue weighted by atomic mass is 35.5. The lowest BCUT2D eigenvalue weighted by molar-refractivity contribution is 0.0704. The minimum absolute atomic E-state index is 0. The summed E-state index contributed by atoms with van der Waals surface area (Å²) in [5.74, 6) is 1.76. The molecule has 0 aromatic carbocycles. The van der Waals surface area contributed by atoms with Crippen molar-refractivity contribution in [3.63, 3.8) is 0 Å². The number of hydrogen-bond acceptors (Lipinski definition) is 4. The van der Waals surface area contributed by atoms with E-state index in [-0.39, 0.29) is 30.7 Å². The molecule has 1 saturated carbocycles. The van der Waals surface area contributed by atoms with E-state index in [2.05, 4.69) is 15.3 Å². The smallest absolute Gasteiger partial charge is 0.255 e. The monoisotopic (exact) mass is 397 g/mol. The molecule has 2 aliphatic rings. The van der Waals surface area contributed by atoms with Crippen LogP contribution in [0, 0.1) is 5.92 Å². The summed E-state index contributed by atoms with van der Waals surface area (Å²) in [4.78, 5) is 23.0. The van der Waals surface area contributed by atoms with Gasteiger partial charge in [0.15, 0.2) is 0 Å². The number of carbonyl (C=O) groups excluding carboxylic acids is 1. The van der Waals surface area contributed by atoms with Crippen LogP contribution in [0.3, 0.4) is 0 Å². The van der Waals surface area contributed by atoms with Crippen LogP contribution in [0.1, 0.15) is 36.0 Å². The zero-order chi connectivity index (χ0) is 16.4. The molecule has 1 aliphatic carbocycles. The Morgan fingerprint density at radius 2 is 1.92 bits per heavy atom. The van der Waals surface area contributed by atoms with Crippen LogP contribution in [0.25, 0.3) is 5.82 Å². The average Bonchev–Trinajstić information content (AvgIpc) is 3.31. The molecule has 0 spiro atoms. The summed E-state index contributed by atoms with van der Waals surface area (Å²) in [5.41, 5.74) is 0.656. The van der Waals surface area contributed by atoms with Crippen molar-refractivity contribution in [3.8, 4) is 5.82 Å². The molecule has 1 aliphatic heterocycles. The Labute approximate surface area is 166 Å². The fourth-order valence-electron chi connectivity index (χ4n) is 3.18. The van der Waals surface area contributed by atoms with E-state index in [0.717, 1.165) is 44.2 Å². The molecule has 1 saturated heterocycles. The number of imidazole rings is 1. The number of aromatic nitrogens is 3. The van der Waals surface area contributed by atoms with Crippen molar-refractivity contribution in [1.29, 1.82) is 0 Å². The summed E-state index contributed by atoms with van der Waals surface area (Å²) < 4.78 is 1.82. The number of hydrogen-bond donors (Lipinski definition) is 1. The van der Waals surface area contributed by atoms with Gasteiger partial charge in [0.1, 0.15) is 12.1 Å². The molecular formula is C18H25Cl2N5O. The van der Waals surface area contributed by atoms with Crippen molar-refractivity contribution in [3.05, 3.63) is 42.6 Å². The highest BCUT2D eigenvalue weighted by Crippen LogP contribution is 2.28. The normalized spacial score (nSPS) is 17.3. The van der Waals surface area contributed by atoms with E-state index < -0.39 is 0 Å². The fourth-order valence-corrected chi connectivity index (χ4v) is 3.18. The number of rotatable bonds is 5. The molecule has 0 bridgehead atoms. The summed E-state index contributed by atoms with van der Waals surface area (Å²) in [5, 5.41) is 3.65. The number of nitrogens with zero attached hydrogens (tertiary/aromatic N) is 4. The maximum absolute atomic E-state index is 12.6. The molecule has 0 unspecified atom stereocenters. The Morgan fingerprint density at radius 1 is 1.15 bits per heavy atom. The van der Waals surface area contributed by atoms with Gasteiger partial charge in [-0.3, -0.25) is 9.36 Å². The minimum Gasteiger partial charge on any atom is -0.338 e. The van der Waals surface area contributed by atoms with Gasteiger partial charge in [-0.1, -0.05) is 0 Å². The lowest BCUT2D eigenvalue weighted by Gasteiger charge is -2.32. The highest BCUT2D eigenvalue weighted by Gasteiger charge is 2.26. The van der Waals surface area contributed by atoms with Gasteiger partial charge in [0.2, 0.25) is 0 Å². The molecule has 2 aromatic heterocycles. The van der Waals surface area contributed by atoms with Crippen LogP contribution >= 0.6 is 24.8 Å². The first-order valence-electron chi connectivity index (χ1n) is 8.76. The van der Waals surface area contributed by atoms with Crippen LogP contribution < -0.4 is 5.32 Å². The third-order valence-corrected chi connectivity index (χ3v) is 4.94. The molecule has 1 N–H and O–H groups in total. The molecule has 0 radical (unpaired) electrons. The van der Waals surface area contributed by atoms with Gasteiger partial charge in [0.05, 0.1) is 5.56 Å². The summed E-state index contributed by atoms with van der Waals surface area (Å²) in [7, 11) is 0. The number of halogens is 2. The summed E-state index contributed by atoms with van der Waals surface area (Å²) in [6.07, 6.45) is 11.8. The number of amides is 1. The van der Waals surface area contributed by atoms with Gasteiger partial charge >= 0.3 is 0 Å². The van der Waals surface area contributed by atoms with Crippen molar-refractivity contribution < 1.29 is 4.79 Å². The van der Waals surface area contributed by atoms with Crippen molar-refractivity contribution in [1.82, 2.24) is 24.8 Å². The Balaban J connectivity index is 0.00000121. The van der Waals surface area contributed by atoms with Crippen LogP contribution in [0.15, 0.2) is 37.1 Å². The largest absolute Gasteiger partial charge is 0.338 e. The molecule has 26 heavy (non-hydrogen) atoms. The lowest BCUT2D eigenvalue weighted by Crippen LogP contribution is -2.45. The highest BCUT2D eigenvalue weighted by molar-refractivity contribution is 5.94. The number of pyridine rings is 1. The number of nitrogens with one attached hydrogen (secondary N) is 1. The second-order valence-electron chi connectivity index (χ2n) is 6.79. The molecule has 6 nitrogen and oxygen atoms in total. The van der Waals surface area contributed by atoms with E-state index in [0.29, 0.717) is 11.6 Å². The van der Waals surface area contributed by atoms with Crippen molar-refractivity contribution in [2.75, 3.05) is 19.6 Å². The van der Waals surface area contributed by atoms with Crippen molar-refractivity contribution in [2.24, 2.45) is 5.92 Å². The lowest BCUT2D eigenvalue weighted by atomic mass is 10.0. The topological polar surface area (TPSA) is 63.1 Å². The van der Waals surface area contributed by atoms with Crippen LogP contribution in [-0.2, 0) is 0 Å². The van der Waals surface area contributed by atoms with Gasteiger partial charge in [-0.2, -0.15) is 0 Å². The summed E-state index contributed by atoms with van der Waals surface area (Å²) >= 11 is 0. The first kappa shape index (κ1) is 20.7. The van der Waals surface area contributed by atoms with Gasteiger partial charge in [0, 0.05) is 37.7 Å². The van der Waals surface area contributed by atoms with Crippen LogP contribution in [0.5, 0.6) is 0 Å². The Bertz CT molecular complexity index is 680. The average molecular weight is 398 g/mol. The first-order chi connectivity index (χ1) is 11.8. The second-order valence-corrected chi connectivity index (χ2v) is 6.79. The third kappa shape index (κ3) is 4.96. The molecule has 4 rings (SSSR count). The van der Waals surface area contributed by atoms with E-state index in [4.69, 9.17) is 0 Å². The SMILES string of the molecule is Cl.Cl.O=C(c1ccc(-n2ccnc2)nc1)N1CCC(NCC2CC2)CC1. The Morgan fingerprint density at radius 3 is 2.50 bits per heavy atom. The van der Waals surface area contributed by atoms with Gasteiger partial charge in [0.25, 0.3) is 5.91 Å². The maximum Gasteiger partial charge on any atom is 0.255 e. The minimum atomic E-state index is 0. The van der Waals surface area contributed by atoms with Crippen molar-refractivity contribution >= 4 is 30.7 Å². The molecule has 2 aromatic rings. The van der Waals surface area contributed by atoms with Crippen LogP contribution in [-0.4, -0.2) is 51.0 Å². The van der Waals surface area contributed by atoms with Crippen LogP contribution in [0.4, 0.5) is 0 Å². The molecule has 1 amide bonds. The number of likely N-dealkylation sites (tertiary alicyclic amines) is 1. The zero-order valence-corrected chi connectivity index (χ0v) is 16.2. The Kier molecular flexibility index (Phi) is 7.43. The van der Waals surface area contributed by atoms with E-state index in [1.165, 1.54) is 12.8 Å². The third-order valence-electron chi connectivity index (χ3n) is 4.94. The summed E-state index contributed by atoms with van der Waals surface area (Å²) in [6, 6.07) is 4.28. The van der Waals surface area contributed by atoms with E-state index in [1.807, 2.05) is 27.8 Å². The van der Waals surface area contributed by atoms with E-state index >= 15 is 0 Å².